The molecule has 0 bridgehead atoms. The predicted molar refractivity (Wildman–Crippen MR) is 88.4 cm³/mol. The molecule has 1 aromatic carbocycles. The number of hydrogen-bond acceptors (Lipinski definition) is 2. The van der Waals surface area contributed by atoms with Crippen molar-refractivity contribution < 1.29 is 0 Å². The topological polar surface area (TPSA) is 24.1 Å². The Morgan fingerprint density at radius 3 is 2.47 bits per heavy atom. The average molecular weight is 303 g/mol. The van der Waals surface area contributed by atoms with Crippen LogP contribution in [0.15, 0.2) is 36.4 Å². The molecule has 1 fully saturated rings. The third-order valence-corrected chi connectivity index (χ3v) is 3.26. The molecule has 1 aliphatic heterocycles. The van der Waals surface area contributed by atoms with Gasteiger partial charge in [0.2, 0.25) is 0 Å². The Labute approximate surface area is 128 Å². The molecule has 0 radical (unpaired) electrons. The molecule has 1 heterocycles. The second kappa shape index (κ2) is 11.3. The maximum Gasteiger partial charge on any atom is 0.0138 e. The molecule has 0 unspecified atom stereocenters. The maximum atomic E-state index is 3.51. The molecule has 0 saturated carbocycles. The number of piperidine rings is 1. The molecule has 0 spiro atoms. The van der Waals surface area contributed by atoms with Crippen LogP contribution in [0.2, 0.25) is 0 Å². The molecule has 1 saturated heterocycles. The predicted octanol–water partition coefficient (Wildman–Crippen LogP) is 3.13. The van der Waals surface area contributed by atoms with Gasteiger partial charge < -0.3 is 10.6 Å². The van der Waals surface area contributed by atoms with Gasteiger partial charge in [-0.25, -0.2) is 0 Å². The van der Waals surface area contributed by atoms with Crippen molar-refractivity contribution in [2.45, 2.75) is 12.8 Å². The zero-order chi connectivity index (χ0) is 11.8. The number of rotatable bonds is 5. The van der Waals surface area contributed by atoms with E-state index in [2.05, 4.69) is 47.1 Å². The standard InChI is InChI=1S/C15H22N2.2ClH/c1-2-5-14(6-3-1)7-4-10-17-13-15-8-11-16-12-9-15;;/h1-7,15-17H,8-13H2;2*1H. The number of benzene rings is 1. The van der Waals surface area contributed by atoms with Crippen LogP contribution >= 0.6 is 24.8 Å². The minimum Gasteiger partial charge on any atom is -0.317 e. The van der Waals surface area contributed by atoms with E-state index in [-0.39, 0.29) is 24.8 Å². The normalized spacial score (nSPS) is 15.8. The number of hydrogen-bond donors (Lipinski definition) is 2. The van der Waals surface area contributed by atoms with Crippen LogP contribution in [-0.2, 0) is 0 Å². The van der Waals surface area contributed by atoms with Gasteiger partial charge in [-0.1, -0.05) is 42.5 Å². The van der Waals surface area contributed by atoms with Gasteiger partial charge in [0.25, 0.3) is 0 Å². The molecule has 108 valence electrons. The van der Waals surface area contributed by atoms with Crippen LogP contribution in [0, 0.1) is 5.92 Å². The second-order valence-corrected chi connectivity index (χ2v) is 4.66. The molecule has 2 nitrogen and oxygen atoms in total. The summed E-state index contributed by atoms with van der Waals surface area (Å²) in [4.78, 5) is 0. The zero-order valence-corrected chi connectivity index (χ0v) is 12.8. The van der Waals surface area contributed by atoms with Gasteiger partial charge in [0.1, 0.15) is 0 Å². The van der Waals surface area contributed by atoms with Crippen molar-refractivity contribution in [1.29, 1.82) is 0 Å². The molecule has 1 aliphatic rings. The van der Waals surface area contributed by atoms with Gasteiger partial charge in [-0.05, 0) is 44.0 Å². The molecule has 0 aromatic heterocycles. The third kappa shape index (κ3) is 7.58. The average Bonchev–Trinajstić information content (AvgIpc) is 2.41. The summed E-state index contributed by atoms with van der Waals surface area (Å²) in [5.41, 5.74) is 1.27. The van der Waals surface area contributed by atoms with Gasteiger partial charge in [-0.2, -0.15) is 0 Å². The van der Waals surface area contributed by atoms with E-state index in [4.69, 9.17) is 0 Å². The Morgan fingerprint density at radius 2 is 1.79 bits per heavy atom. The summed E-state index contributed by atoms with van der Waals surface area (Å²) in [6.07, 6.45) is 7.01. The molecule has 2 N–H and O–H groups in total. The lowest BCUT2D eigenvalue weighted by Gasteiger charge is -2.22. The van der Waals surface area contributed by atoms with Crippen LogP contribution in [-0.4, -0.2) is 26.2 Å². The lowest BCUT2D eigenvalue weighted by molar-refractivity contribution is 0.361. The van der Waals surface area contributed by atoms with E-state index < -0.39 is 0 Å². The van der Waals surface area contributed by atoms with Crippen LogP contribution in [0.1, 0.15) is 18.4 Å². The van der Waals surface area contributed by atoms with Crippen molar-refractivity contribution in [2.75, 3.05) is 26.2 Å². The summed E-state index contributed by atoms with van der Waals surface area (Å²) < 4.78 is 0. The molecule has 2 rings (SSSR count). The summed E-state index contributed by atoms with van der Waals surface area (Å²) in [6.45, 7) is 4.50. The smallest absolute Gasteiger partial charge is 0.0138 e. The van der Waals surface area contributed by atoms with Gasteiger partial charge in [0.15, 0.2) is 0 Å². The largest absolute Gasteiger partial charge is 0.317 e. The van der Waals surface area contributed by atoms with Crippen molar-refractivity contribution >= 4 is 30.9 Å². The van der Waals surface area contributed by atoms with E-state index in [1.54, 1.807) is 0 Å². The number of halogens is 2. The van der Waals surface area contributed by atoms with Crippen molar-refractivity contribution in [1.82, 2.24) is 10.6 Å². The van der Waals surface area contributed by atoms with Crippen LogP contribution in [0.25, 0.3) is 6.08 Å². The van der Waals surface area contributed by atoms with E-state index in [1.807, 2.05) is 6.07 Å². The molecular formula is C15H24Cl2N2. The summed E-state index contributed by atoms with van der Waals surface area (Å²) >= 11 is 0. The van der Waals surface area contributed by atoms with Crippen LogP contribution in [0.5, 0.6) is 0 Å². The lowest BCUT2D eigenvalue weighted by Crippen LogP contribution is -2.33. The molecule has 1 aromatic rings. The first-order valence-corrected chi connectivity index (χ1v) is 6.58. The first-order chi connectivity index (χ1) is 8.45. The molecule has 19 heavy (non-hydrogen) atoms. The highest BCUT2D eigenvalue weighted by atomic mass is 35.5. The first kappa shape index (κ1) is 18.5. The summed E-state index contributed by atoms with van der Waals surface area (Å²) in [5.74, 6) is 0.862. The summed E-state index contributed by atoms with van der Waals surface area (Å²) in [5, 5.41) is 6.91. The lowest BCUT2D eigenvalue weighted by atomic mass is 9.98. The van der Waals surface area contributed by atoms with Gasteiger partial charge in [0.05, 0.1) is 0 Å². The highest BCUT2D eigenvalue weighted by molar-refractivity contribution is 5.85. The quantitative estimate of drug-likeness (QED) is 0.817. The van der Waals surface area contributed by atoms with Gasteiger partial charge in [0, 0.05) is 6.54 Å². The SMILES string of the molecule is C(=Cc1ccccc1)CNCC1CCNCC1.Cl.Cl. The Balaban J connectivity index is 0.00000162. The van der Waals surface area contributed by atoms with Gasteiger partial charge in [-0.3, -0.25) is 0 Å². The summed E-state index contributed by atoms with van der Waals surface area (Å²) in [6, 6.07) is 10.4. The molecule has 0 aliphatic carbocycles. The van der Waals surface area contributed by atoms with Crippen molar-refractivity contribution in [2.24, 2.45) is 5.92 Å². The van der Waals surface area contributed by atoms with Crippen molar-refractivity contribution in [3.05, 3.63) is 42.0 Å². The third-order valence-electron chi connectivity index (χ3n) is 3.26. The van der Waals surface area contributed by atoms with E-state index in [0.29, 0.717) is 0 Å². The van der Waals surface area contributed by atoms with Crippen molar-refractivity contribution in [3.8, 4) is 0 Å². The first-order valence-electron chi connectivity index (χ1n) is 6.58. The molecular weight excluding hydrogens is 279 g/mol. The number of nitrogens with one attached hydrogen (secondary N) is 2. The van der Waals surface area contributed by atoms with Crippen LogP contribution < -0.4 is 10.6 Å². The Bertz CT molecular complexity index is 335. The van der Waals surface area contributed by atoms with Crippen LogP contribution in [0.3, 0.4) is 0 Å². The second-order valence-electron chi connectivity index (χ2n) is 4.66. The summed E-state index contributed by atoms with van der Waals surface area (Å²) in [7, 11) is 0. The molecule has 0 amide bonds. The Morgan fingerprint density at radius 1 is 1.11 bits per heavy atom. The monoisotopic (exact) mass is 302 g/mol. The van der Waals surface area contributed by atoms with Gasteiger partial charge in [-0.15, -0.1) is 24.8 Å². The van der Waals surface area contributed by atoms with Gasteiger partial charge >= 0.3 is 0 Å². The maximum absolute atomic E-state index is 3.51. The van der Waals surface area contributed by atoms with E-state index in [9.17, 15) is 0 Å². The Kier molecular flexibility index (Phi) is 11.0. The van der Waals surface area contributed by atoms with Crippen LogP contribution in [0.4, 0.5) is 0 Å². The fourth-order valence-electron chi connectivity index (χ4n) is 2.22. The minimum atomic E-state index is 0. The van der Waals surface area contributed by atoms with E-state index in [1.165, 1.54) is 31.5 Å². The fraction of sp³-hybridized carbons (Fsp3) is 0.467. The van der Waals surface area contributed by atoms with E-state index in [0.717, 1.165) is 19.0 Å². The molecule has 4 heteroatoms. The minimum absolute atomic E-state index is 0. The fourth-order valence-corrected chi connectivity index (χ4v) is 2.22. The Hall–Kier alpha value is -0.540. The zero-order valence-electron chi connectivity index (χ0n) is 11.2. The van der Waals surface area contributed by atoms with Crippen molar-refractivity contribution in [3.63, 3.8) is 0 Å². The highest BCUT2D eigenvalue weighted by Gasteiger charge is 2.11. The van der Waals surface area contributed by atoms with E-state index >= 15 is 0 Å². The molecule has 0 atom stereocenters. The highest BCUT2D eigenvalue weighted by Crippen LogP contribution is 2.09.